The van der Waals surface area contributed by atoms with E-state index in [9.17, 15) is 14.4 Å². The average Bonchev–Trinajstić information content (AvgIpc) is 2.28. The van der Waals surface area contributed by atoms with E-state index in [2.05, 4.69) is 4.74 Å². The maximum Gasteiger partial charge on any atom is 0.345 e. The van der Waals surface area contributed by atoms with Crippen molar-refractivity contribution in [3.63, 3.8) is 0 Å². The number of ether oxygens (including phenoxy) is 1. The summed E-state index contributed by atoms with van der Waals surface area (Å²) in [5, 5.41) is 8.92. The van der Waals surface area contributed by atoms with Crippen LogP contribution in [0.1, 0.15) is 40.1 Å². The molecule has 0 fully saturated rings. The van der Waals surface area contributed by atoms with Gasteiger partial charge < -0.3 is 9.84 Å². The van der Waals surface area contributed by atoms with Crippen molar-refractivity contribution >= 4 is 17.9 Å². The molecule has 1 aromatic carbocycles. The van der Waals surface area contributed by atoms with Crippen LogP contribution in [0.25, 0.3) is 0 Å². The lowest BCUT2D eigenvalue weighted by molar-refractivity contribution is -0.141. The summed E-state index contributed by atoms with van der Waals surface area (Å²) >= 11 is 0. The van der Waals surface area contributed by atoms with Crippen LogP contribution in [0, 0.1) is 12.8 Å². The minimum atomic E-state index is -1.13. The second-order valence-electron chi connectivity index (χ2n) is 4.20. The minimum Gasteiger partial charge on any atom is -0.478 e. The molecule has 0 unspecified atom stereocenters. The molecule has 0 amide bonds. The van der Waals surface area contributed by atoms with E-state index in [1.165, 1.54) is 18.2 Å². The van der Waals surface area contributed by atoms with Gasteiger partial charge in [-0.2, -0.15) is 0 Å². The zero-order valence-electron chi connectivity index (χ0n) is 10.4. The molecule has 96 valence electrons. The van der Waals surface area contributed by atoms with E-state index in [1.54, 1.807) is 20.8 Å². The van der Waals surface area contributed by atoms with Crippen molar-refractivity contribution in [1.29, 1.82) is 0 Å². The number of carbonyl (C=O) groups is 3. The highest BCUT2D eigenvalue weighted by molar-refractivity contribution is 5.99. The van der Waals surface area contributed by atoms with E-state index in [1.807, 2.05) is 0 Å². The summed E-state index contributed by atoms with van der Waals surface area (Å²) in [5.41, 5.74) is 0.600. The quantitative estimate of drug-likeness (QED) is 0.655. The van der Waals surface area contributed by atoms with Crippen molar-refractivity contribution in [2.24, 2.45) is 5.92 Å². The molecule has 1 aromatic rings. The van der Waals surface area contributed by atoms with Gasteiger partial charge in [0.25, 0.3) is 0 Å². The van der Waals surface area contributed by atoms with Crippen molar-refractivity contribution in [3.8, 4) is 0 Å². The second-order valence-corrected chi connectivity index (χ2v) is 4.20. The van der Waals surface area contributed by atoms with Gasteiger partial charge in [0.05, 0.1) is 17.0 Å². The molecule has 1 rings (SSSR count). The number of hydrogen-bond donors (Lipinski definition) is 1. The van der Waals surface area contributed by atoms with Crippen LogP contribution in [0.3, 0.4) is 0 Å². The lowest BCUT2D eigenvalue weighted by atomic mass is 10.1. The van der Waals surface area contributed by atoms with E-state index in [0.717, 1.165) is 0 Å². The molecular formula is C13H14O5. The number of carbonyl (C=O) groups excluding carboxylic acids is 2. The number of esters is 2. The highest BCUT2D eigenvalue weighted by Crippen LogP contribution is 2.13. The highest BCUT2D eigenvalue weighted by Gasteiger charge is 2.18. The summed E-state index contributed by atoms with van der Waals surface area (Å²) in [7, 11) is 0. The normalized spacial score (nSPS) is 10.2. The summed E-state index contributed by atoms with van der Waals surface area (Å²) in [6.07, 6.45) is 0. The van der Waals surface area contributed by atoms with Crippen LogP contribution >= 0.6 is 0 Å². The van der Waals surface area contributed by atoms with Gasteiger partial charge in [-0.3, -0.25) is 4.79 Å². The third-order valence-corrected chi connectivity index (χ3v) is 2.37. The SMILES string of the molecule is Cc1ccc(C(=O)OC(=O)C(C)C)cc1C(=O)O. The van der Waals surface area contributed by atoms with Crippen LogP contribution in [0.2, 0.25) is 0 Å². The molecule has 0 aliphatic carbocycles. The Labute approximate surface area is 104 Å². The molecule has 1 N–H and O–H groups in total. The van der Waals surface area contributed by atoms with Crippen LogP contribution in [0.5, 0.6) is 0 Å². The Bertz CT molecular complexity index is 502. The first-order valence-corrected chi connectivity index (χ1v) is 5.43. The Morgan fingerprint density at radius 2 is 1.83 bits per heavy atom. The standard InChI is InChI=1S/C13H14O5/c1-7(2)12(16)18-13(17)9-5-4-8(3)10(6-9)11(14)15/h4-7H,1-3H3,(H,14,15). The average molecular weight is 250 g/mol. The smallest absolute Gasteiger partial charge is 0.345 e. The summed E-state index contributed by atoms with van der Waals surface area (Å²) in [5.74, 6) is -3.02. The lowest BCUT2D eigenvalue weighted by Crippen LogP contribution is -2.17. The molecule has 0 aliphatic heterocycles. The van der Waals surface area contributed by atoms with E-state index in [-0.39, 0.29) is 11.1 Å². The van der Waals surface area contributed by atoms with Gasteiger partial charge in [-0.25, -0.2) is 9.59 Å². The molecule has 0 aliphatic rings. The van der Waals surface area contributed by atoms with Gasteiger partial charge in [0.15, 0.2) is 0 Å². The first kappa shape index (κ1) is 13.9. The second kappa shape index (κ2) is 5.44. The summed E-state index contributed by atoms with van der Waals surface area (Å²) < 4.78 is 4.60. The van der Waals surface area contributed by atoms with E-state index >= 15 is 0 Å². The summed E-state index contributed by atoms with van der Waals surface area (Å²) in [6, 6.07) is 4.13. The number of rotatable bonds is 3. The van der Waals surface area contributed by atoms with Crippen molar-refractivity contribution in [2.75, 3.05) is 0 Å². The third-order valence-electron chi connectivity index (χ3n) is 2.37. The molecule has 0 spiro atoms. The number of hydrogen-bond acceptors (Lipinski definition) is 4. The molecule has 5 nitrogen and oxygen atoms in total. The van der Waals surface area contributed by atoms with E-state index < -0.39 is 23.8 Å². The third kappa shape index (κ3) is 3.16. The molecule has 0 atom stereocenters. The van der Waals surface area contributed by atoms with Gasteiger partial charge in [0, 0.05) is 0 Å². The Morgan fingerprint density at radius 3 is 2.33 bits per heavy atom. The zero-order valence-corrected chi connectivity index (χ0v) is 10.4. The van der Waals surface area contributed by atoms with E-state index in [0.29, 0.717) is 5.56 Å². The maximum atomic E-state index is 11.6. The Hall–Kier alpha value is -2.17. The predicted molar refractivity (Wildman–Crippen MR) is 63.4 cm³/mol. The molecule has 0 aromatic heterocycles. The summed E-state index contributed by atoms with van der Waals surface area (Å²) in [4.78, 5) is 33.8. The predicted octanol–water partition coefficient (Wildman–Crippen LogP) is 2.03. The maximum absolute atomic E-state index is 11.6. The van der Waals surface area contributed by atoms with Crippen LogP contribution in [-0.4, -0.2) is 23.0 Å². The van der Waals surface area contributed by atoms with Gasteiger partial charge in [-0.1, -0.05) is 19.9 Å². The molecular weight excluding hydrogens is 236 g/mol. The van der Waals surface area contributed by atoms with Crippen LogP contribution in [0.15, 0.2) is 18.2 Å². The number of aryl methyl sites for hydroxylation is 1. The molecule has 0 heterocycles. The number of carboxylic acid groups (broad SMARTS) is 1. The van der Waals surface area contributed by atoms with Crippen LogP contribution in [0.4, 0.5) is 0 Å². The molecule has 18 heavy (non-hydrogen) atoms. The van der Waals surface area contributed by atoms with Crippen LogP contribution < -0.4 is 0 Å². The Kier molecular flexibility index (Phi) is 4.20. The molecule has 0 radical (unpaired) electrons. The monoisotopic (exact) mass is 250 g/mol. The Balaban J connectivity index is 2.97. The van der Waals surface area contributed by atoms with Crippen molar-refractivity contribution in [3.05, 3.63) is 34.9 Å². The Morgan fingerprint density at radius 1 is 1.22 bits per heavy atom. The number of aromatic carboxylic acids is 1. The highest BCUT2D eigenvalue weighted by atomic mass is 16.6. The fourth-order valence-corrected chi connectivity index (χ4v) is 1.25. The van der Waals surface area contributed by atoms with E-state index in [4.69, 9.17) is 5.11 Å². The van der Waals surface area contributed by atoms with Gasteiger partial charge >= 0.3 is 17.9 Å². The van der Waals surface area contributed by atoms with Gasteiger partial charge in [-0.05, 0) is 24.6 Å². The summed E-state index contributed by atoms with van der Waals surface area (Å²) in [6.45, 7) is 4.83. The van der Waals surface area contributed by atoms with Gasteiger partial charge in [-0.15, -0.1) is 0 Å². The van der Waals surface area contributed by atoms with Crippen molar-refractivity contribution in [1.82, 2.24) is 0 Å². The van der Waals surface area contributed by atoms with Crippen molar-refractivity contribution < 1.29 is 24.2 Å². The van der Waals surface area contributed by atoms with Gasteiger partial charge in [0.1, 0.15) is 0 Å². The fraction of sp³-hybridized carbons (Fsp3) is 0.308. The lowest BCUT2D eigenvalue weighted by Gasteiger charge is -2.07. The fourth-order valence-electron chi connectivity index (χ4n) is 1.25. The van der Waals surface area contributed by atoms with Crippen molar-refractivity contribution in [2.45, 2.75) is 20.8 Å². The topological polar surface area (TPSA) is 80.7 Å². The molecule has 0 saturated carbocycles. The van der Waals surface area contributed by atoms with Gasteiger partial charge in [0.2, 0.25) is 0 Å². The molecule has 5 heteroatoms. The molecule has 0 saturated heterocycles. The number of benzene rings is 1. The molecule has 0 bridgehead atoms. The first-order chi connectivity index (χ1) is 8.32. The first-order valence-electron chi connectivity index (χ1n) is 5.43. The minimum absolute atomic E-state index is 0.0152. The van der Waals surface area contributed by atoms with Crippen LogP contribution in [-0.2, 0) is 9.53 Å². The zero-order chi connectivity index (χ0) is 13.9. The largest absolute Gasteiger partial charge is 0.478 e. The number of carboxylic acids is 1.